The molecular weight excluding hydrogens is 430 g/mol. The molecular formula is C27H33N3O4. The van der Waals surface area contributed by atoms with Gasteiger partial charge < -0.3 is 29.2 Å². The predicted octanol–water partition coefficient (Wildman–Crippen LogP) is 4.54. The Hall–Kier alpha value is -3.45. The lowest BCUT2D eigenvalue weighted by Gasteiger charge is -2.37. The number of nitrogens with zero attached hydrogens (tertiary/aromatic N) is 2. The lowest BCUT2D eigenvalue weighted by molar-refractivity contribution is 0.324. The summed E-state index contributed by atoms with van der Waals surface area (Å²) in [6, 6.07) is 14.7. The smallest absolute Gasteiger partial charge is 0.203 e. The maximum atomic E-state index is 5.71. The number of nitrogens with one attached hydrogen (secondary N) is 1. The van der Waals surface area contributed by atoms with E-state index < -0.39 is 0 Å². The Kier molecular flexibility index (Phi) is 7.75. The molecule has 0 bridgehead atoms. The molecule has 4 rings (SSSR count). The average molecular weight is 464 g/mol. The first-order valence-corrected chi connectivity index (χ1v) is 11.5. The van der Waals surface area contributed by atoms with E-state index in [9.17, 15) is 0 Å². The molecule has 1 aromatic heterocycles. The normalized spacial score (nSPS) is 13.9. The highest BCUT2D eigenvalue weighted by molar-refractivity contribution is 5.71. The number of ether oxygens (including phenoxy) is 4. The number of piperidine rings is 1. The van der Waals surface area contributed by atoms with Gasteiger partial charge in [-0.2, -0.15) is 0 Å². The highest BCUT2D eigenvalue weighted by Gasteiger charge is 2.24. The van der Waals surface area contributed by atoms with Crippen LogP contribution in [0.5, 0.6) is 23.0 Å². The van der Waals surface area contributed by atoms with Gasteiger partial charge in [-0.15, -0.1) is 0 Å². The molecule has 1 saturated heterocycles. The molecule has 2 heterocycles. The highest BCUT2D eigenvalue weighted by Crippen LogP contribution is 2.41. The molecule has 1 N–H and O–H groups in total. The summed E-state index contributed by atoms with van der Waals surface area (Å²) in [5.41, 5.74) is 4.17. The van der Waals surface area contributed by atoms with Gasteiger partial charge >= 0.3 is 0 Å². The van der Waals surface area contributed by atoms with Crippen molar-refractivity contribution in [1.82, 2.24) is 10.3 Å². The van der Waals surface area contributed by atoms with Gasteiger partial charge in [0.15, 0.2) is 11.5 Å². The molecule has 0 radical (unpaired) electrons. The van der Waals surface area contributed by atoms with Crippen LogP contribution in [-0.4, -0.2) is 52.6 Å². The summed E-state index contributed by atoms with van der Waals surface area (Å²) in [7, 11) is 6.58. The molecule has 2 aromatic carbocycles. The van der Waals surface area contributed by atoms with E-state index in [0.29, 0.717) is 23.3 Å². The molecule has 0 saturated carbocycles. The highest BCUT2D eigenvalue weighted by atomic mass is 16.5. The number of aromatic nitrogens is 1. The maximum absolute atomic E-state index is 5.71. The minimum atomic E-state index is 0.419. The molecule has 0 amide bonds. The molecule has 0 atom stereocenters. The van der Waals surface area contributed by atoms with E-state index in [1.54, 1.807) is 28.4 Å². The van der Waals surface area contributed by atoms with E-state index in [1.807, 2.05) is 36.7 Å². The second kappa shape index (κ2) is 11.1. The number of pyridine rings is 1. The van der Waals surface area contributed by atoms with Gasteiger partial charge in [-0.3, -0.25) is 4.98 Å². The van der Waals surface area contributed by atoms with Gasteiger partial charge in [0.2, 0.25) is 5.75 Å². The first kappa shape index (κ1) is 23.7. The number of hydrogen-bond acceptors (Lipinski definition) is 7. The van der Waals surface area contributed by atoms with Crippen molar-refractivity contribution in [1.29, 1.82) is 0 Å². The van der Waals surface area contributed by atoms with Gasteiger partial charge in [0, 0.05) is 30.5 Å². The molecule has 1 aliphatic rings. The van der Waals surface area contributed by atoms with E-state index in [-0.39, 0.29) is 0 Å². The Bertz CT molecular complexity index is 1070. The van der Waals surface area contributed by atoms with Gasteiger partial charge in [0.25, 0.3) is 0 Å². The summed E-state index contributed by atoms with van der Waals surface area (Å²) in [6.07, 6.45) is 5.96. The summed E-state index contributed by atoms with van der Waals surface area (Å²) in [5, 5.41) is 3.47. The summed E-state index contributed by atoms with van der Waals surface area (Å²) >= 11 is 0. The second-order valence-electron chi connectivity index (χ2n) is 8.28. The number of anilines is 1. The van der Waals surface area contributed by atoms with Crippen LogP contribution in [0.1, 0.15) is 18.4 Å². The Balaban J connectivity index is 1.69. The number of rotatable bonds is 9. The van der Waals surface area contributed by atoms with Crippen LogP contribution >= 0.6 is 0 Å². The molecule has 0 aliphatic carbocycles. The largest absolute Gasteiger partial charge is 0.495 e. The Labute approximate surface area is 201 Å². The molecule has 1 fully saturated rings. The van der Waals surface area contributed by atoms with Crippen LogP contribution in [0.3, 0.4) is 0 Å². The second-order valence-corrected chi connectivity index (χ2v) is 8.28. The minimum Gasteiger partial charge on any atom is -0.495 e. The van der Waals surface area contributed by atoms with Crippen molar-refractivity contribution in [2.24, 2.45) is 0 Å². The molecule has 1 aliphatic heterocycles. The Morgan fingerprint density at radius 1 is 0.824 bits per heavy atom. The Morgan fingerprint density at radius 3 is 2.15 bits per heavy atom. The zero-order valence-electron chi connectivity index (χ0n) is 20.3. The summed E-state index contributed by atoms with van der Waals surface area (Å²) in [5.74, 6) is 2.70. The monoisotopic (exact) mass is 463 g/mol. The van der Waals surface area contributed by atoms with Crippen molar-refractivity contribution in [3.63, 3.8) is 0 Å². The topological polar surface area (TPSA) is 65.1 Å². The van der Waals surface area contributed by atoms with Gasteiger partial charge in [-0.05, 0) is 67.4 Å². The molecule has 7 heteroatoms. The summed E-state index contributed by atoms with van der Waals surface area (Å²) in [6.45, 7) is 2.76. The fraction of sp³-hybridized carbons (Fsp3) is 0.370. The third-order valence-corrected chi connectivity index (χ3v) is 6.29. The fourth-order valence-corrected chi connectivity index (χ4v) is 4.57. The van der Waals surface area contributed by atoms with Crippen molar-refractivity contribution in [2.45, 2.75) is 25.4 Å². The zero-order valence-corrected chi connectivity index (χ0v) is 20.3. The number of para-hydroxylation sites is 2. The first-order chi connectivity index (χ1) is 16.7. The van der Waals surface area contributed by atoms with Gasteiger partial charge in [0.05, 0.1) is 34.1 Å². The van der Waals surface area contributed by atoms with E-state index in [1.165, 1.54) is 0 Å². The van der Waals surface area contributed by atoms with Crippen LogP contribution in [0.15, 0.2) is 54.9 Å². The first-order valence-electron chi connectivity index (χ1n) is 11.5. The van der Waals surface area contributed by atoms with E-state index >= 15 is 0 Å². The van der Waals surface area contributed by atoms with Crippen LogP contribution < -0.4 is 29.2 Å². The number of hydrogen-bond donors (Lipinski definition) is 1. The van der Waals surface area contributed by atoms with Gasteiger partial charge in [0.1, 0.15) is 5.75 Å². The van der Waals surface area contributed by atoms with Crippen LogP contribution in [-0.2, 0) is 6.54 Å². The quantitative estimate of drug-likeness (QED) is 0.500. The minimum absolute atomic E-state index is 0.419. The van der Waals surface area contributed by atoms with Crippen molar-refractivity contribution in [2.75, 3.05) is 46.4 Å². The fourth-order valence-electron chi connectivity index (χ4n) is 4.57. The molecule has 3 aromatic rings. The van der Waals surface area contributed by atoms with E-state index in [0.717, 1.165) is 60.6 Å². The van der Waals surface area contributed by atoms with Crippen molar-refractivity contribution in [3.8, 4) is 34.1 Å². The third kappa shape index (κ3) is 5.04. The number of benzene rings is 2. The van der Waals surface area contributed by atoms with Crippen molar-refractivity contribution < 1.29 is 18.9 Å². The lowest BCUT2D eigenvalue weighted by Crippen LogP contribution is -2.43. The predicted molar refractivity (Wildman–Crippen MR) is 134 cm³/mol. The lowest BCUT2D eigenvalue weighted by atomic mass is 10.0. The Morgan fingerprint density at radius 2 is 1.50 bits per heavy atom. The standard InChI is InChI=1S/C27H33N3O4/c1-31-24-8-6-5-7-23(24)30(22-9-11-28-12-10-22)18-19-13-21(17-29-16-19)20-14-25(32-2)27(34-4)26(15-20)33-3/h5-8,13-17,22,28H,9-12,18H2,1-4H3. The van der Waals surface area contributed by atoms with Crippen LogP contribution in [0.25, 0.3) is 11.1 Å². The molecule has 7 nitrogen and oxygen atoms in total. The third-order valence-electron chi connectivity index (χ3n) is 6.29. The van der Waals surface area contributed by atoms with E-state index in [2.05, 4.69) is 33.4 Å². The zero-order chi connectivity index (χ0) is 23.9. The van der Waals surface area contributed by atoms with E-state index in [4.69, 9.17) is 18.9 Å². The number of methoxy groups -OCH3 is 4. The SMILES string of the molecule is COc1ccccc1N(Cc1cncc(-c2cc(OC)c(OC)c(OC)c2)c1)C1CCNCC1. The van der Waals surface area contributed by atoms with Crippen molar-refractivity contribution in [3.05, 3.63) is 60.4 Å². The molecule has 0 spiro atoms. The molecule has 0 unspecified atom stereocenters. The van der Waals surface area contributed by atoms with Crippen LogP contribution in [0.2, 0.25) is 0 Å². The van der Waals surface area contributed by atoms with Gasteiger partial charge in [-0.25, -0.2) is 0 Å². The maximum Gasteiger partial charge on any atom is 0.203 e. The summed E-state index contributed by atoms with van der Waals surface area (Å²) in [4.78, 5) is 7.02. The summed E-state index contributed by atoms with van der Waals surface area (Å²) < 4.78 is 22.3. The van der Waals surface area contributed by atoms with Crippen molar-refractivity contribution >= 4 is 5.69 Å². The van der Waals surface area contributed by atoms with Gasteiger partial charge in [-0.1, -0.05) is 12.1 Å². The molecule has 180 valence electrons. The van der Waals surface area contributed by atoms with Crippen LogP contribution in [0.4, 0.5) is 5.69 Å². The average Bonchev–Trinajstić information content (AvgIpc) is 2.91. The molecule has 34 heavy (non-hydrogen) atoms. The van der Waals surface area contributed by atoms with Crippen LogP contribution in [0, 0.1) is 0 Å².